The van der Waals surface area contributed by atoms with Crippen molar-refractivity contribution < 1.29 is 41.9 Å². The van der Waals surface area contributed by atoms with Crippen LogP contribution in [0.2, 0.25) is 0 Å². The Bertz CT molecular complexity index is 1650. The normalized spacial score (nSPS) is 19.4. The van der Waals surface area contributed by atoms with Gasteiger partial charge in [-0.1, -0.05) is 5.16 Å². The smallest absolute Gasteiger partial charge is 0.437 e. The van der Waals surface area contributed by atoms with Crippen molar-refractivity contribution in [2.45, 2.75) is 24.7 Å². The van der Waals surface area contributed by atoms with E-state index in [-0.39, 0.29) is 64.9 Å². The van der Waals surface area contributed by atoms with Gasteiger partial charge in [0.2, 0.25) is 5.65 Å². The maximum atomic E-state index is 13.3. The van der Waals surface area contributed by atoms with Gasteiger partial charge >= 0.3 is 6.18 Å². The number of hydrogen-bond acceptors (Lipinski definition) is 10. The Kier molecular flexibility index (Phi) is 6.94. The van der Waals surface area contributed by atoms with Gasteiger partial charge in [-0.2, -0.15) is 13.2 Å². The zero-order valence-electron chi connectivity index (χ0n) is 21.8. The lowest BCUT2D eigenvalue weighted by Gasteiger charge is -2.35. The Morgan fingerprint density at radius 1 is 1.12 bits per heavy atom. The second-order valence-electron chi connectivity index (χ2n) is 9.86. The monoisotopic (exact) mass is 587 g/mol. The van der Waals surface area contributed by atoms with Crippen LogP contribution in [0.15, 0.2) is 47.6 Å². The fraction of sp³-hybridized carbons (Fsp3) is 0.346. The van der Waals surface area contributed by atoms with E-state index in [1.807, 2.05) is 0 Å². The molecule has 0 radical (unpaired) electrons. The van der Waals surface area contributed by atoms with E-state index in [1.165, 1.54) is 46.1 Å². The molecule has 0 unspecified atom stereocenters. The van der Waals surface area contributed by atoms with E-state index >= 15 is 0 Å². The molecule has 5 heterocycles. The zero-order chi connectivity index (χ0) is 29.6. The van der Waals surface area contributed by atoms with E-state index < -0.39 is 23.9 Å². The number of phenolic OH excluding ortho intramolecular Hbond substituents is 1. The number of piperazine rings is 1. The predicted molar refractivity (Wildman–Crippen MR) is 136 cm³/mol. The number of fused-ring (bicyclic) bond motifs is 1. The molecule has 4 aromatic rings. The van der Waals surface area contributed by atoms with Gasteiger partial charge in [0.15, 0.2) is 5.69 Å². The molecule has 2 atom stereocenters. The van der Waals surface area contributed by atoms with Crippen LogP contribution in [0.1, 0.15) is 22.5 Å². The summed E-state index contributed by atoms with van der Waals surface area (Å²) >= 11 is 0. The number of rotatable bonds is 5. The van der Waals surface area contributed by atoms with Gasteiger partial charge in [0.1, 0.15) is 23.9 Å². The van der Waals surface area contributed by atoms with Crippen LogP contribution in [-0.4, -0.2) is 91.2 Å². The number of phenols is 1. The number of aromatic nitrogens is 4. The molecule has 2 saturated heterocycles. The van der Waals surface area contributed by atoms with Crippen LogP contribution in [0.5, 0.6) is 17.4 Å². The van der Waals surface area contributed by atoms with Crippen LogP contribution in [0.3, 0.4) is 0 Å². The molecule has 16 heteroatoms. The maximum absolute atomic E-state index is 13.3. The molecule has 2 fully saturated rings. The Balaban J connectivity index is 1.15. The SMILES string of the molecule is N[C@@H]1CO[C@@H](C(=O)N2CCN(C(=O)c3ccc(Oc4nccn5c(-c6conc6C(F)(F)F)cnc45)cc3O)CC2)C1. The molecule has 3 aromatic heterocycles. The minimum absolute atomic E-state index is 0.0358. The number of hydrogen-bond donors (Lipinski definition) is 2. The molecule has 2 aliphatic heterocycles. The van der Waals surface area contributed by atoms with Crippen molar-refractivity contribution in [3.05, 3.63) is 54.3 Å². The summed E-state index contributed by atoms with van der Waals surface area (Å²) in [6.45, 7) is 1.54. The standard InChI is InChI=1S/C26H24F3N7O6/c27-26(28,29)21-17(13-41-33-21)18-11-32-22-23(31-3-4-36(18)22)42-15-1-2-16(19(37)10-15)24(38)34-5-7-35(8-6-34)25(39)20-9-14(30)12-40-20/h1-4,10-11,13-14,20,37H,5-9,12,30H2/t14-,20+/m0/s1. The highest BCUT2D eigenvalue weighted by Crippen LogP contribution is 2.37. The van der Waals surface area contributed by atoms with E-state index in [9.17, 15) is 27.9 Å². The summed E-state index contributed by atoms with van der Waals surface area (Å²) < 4.78 is 57.1. The van der Waals surface area contributed by atoms with Gasteiger partial charge in [0.25, 0.3) is 17.7 Å². The van der Waals surface area contributed by atoms with Gasteiger partial charge < -0.3 is 34.6 Å². The minimum Gasteiger partial charge on any atom is -0.507 e. The van der Waals surface area contributed by atoms with E-state index in [0.29, 0.717) is 26.1 Å². The summed E-state index contributed by atoms with van der Waals surface area (Å²) in [5.41, 5.74) is 4.49. The van der Waals surface area contributed by atoms with Crippen LogP contribution in [0, 0.1) is 0 Å². The number of carbonyl (C=O) groups is 2. The van der Waals surface area contributed by atoms with Crippen molar-refractivity contribution >= 4 is 17.5 Å². The van der Waals surface area contributed by atoms with Crippen LogP contribution in [0.25, 0.3) is 16.9 Å². The summed E-state index contributed by atoms with van der Waals surface area (Å²) in [4.78, 5) is 37.2. The number of carbonyl (C=O) groups excluding carboxylic acids is 2. The summed E-state index contributed by atoms with van der Waals surface area (Å²) in [5, 5.41) is 13.7. The van der Waals surface area contributed by atoms with Crippen molar-refractivity contribution in [3.63, 3.8) is 0 Å². The fourth-order valence-electron chi connectivity index (χ4n) is 4.98. The first-order valence-corrected chi connectivity index (χ1v) is 12.9. The Hall–Kier alpha value is -4.70. The molecular weight excluding hydrogens is 563 g/mol. The summed E-state index contributed by atoms with van der Waals surface area (Å²) in [6.07, 6.45) is -0.0457. The van der Waals surface area contributed by atoms with Crippen LogP contribution < -0.4 is 10.5 Å². The molecule has 42 heavy (non-hydrogen) atoms. The highest BCUT2D eigenvalue weighted by atomic mass is 19.4. The highest BCUT2D eigenvalue weighted by molar-refractivity contribution is 5.97. The van der Waals surface area contributed by atoms with Crippen molar-refractivity contribution in [3.8, 4) is 28.6 Å². The molecule has 6 rings (SSSR count). The Labute approximate surface area is 235 Å². The number of halogens is 3. The van der Waals surface area contributed by atoms with Gasteiger partial charge in [0, 0.05) is 50.7 Å². The molecule has 0 spiro atoms. The molecule has 3 N–H and O–H groups in total. The summed E-state index contributed by atoms with van der Waals surface area (Å²) in [6, 6.07) is 3.90. The third kappa shape index (κ3) is 5.09. The van der Waals surface area contributed by atoms with Gasteiger partial charge in [-0.05, 0) is 18.6 Å². The van der Waals surface area contributed by atoms with Gasteiger partial charge in [0.05, 0.1) is 29.6 Å². The molecule has 13 nitrogen and oxygen atoms in total. The minimum atomic E-state index is -4.74. The second-order valence-corrected chi connectivity index (χ2v) is 9.86. The molecule has 1 aromatic carbocycles. The number of nitrogens with two attached hydrogens (primary N) is 1. The first-order valence-electron chi connectivity index (χ1n) is 12.9. The lowest BCUT2D eigenvalue weighted by Crippen LogP contribution is -2.52. The number of nitrogens with zero attached hydrogens (tertiary/aromatic N) is 6. The quantitative estimate of drug-likeness (QED) is 0.354. The molecule has 2 aliphatic rings. The topological polar surface area (TPSA) is 162 Å². The number of aromatic hydroxyl groups is 1. The average Bonchev–Trinajstić information content (AvgIpc) is 3.72. The third-order valence-electron chi connectivity index (χ3n) is 7.11. The molecule has 0 saturated carbocycles. The first-order chi connectivity index (χ1) is 20.1. The van der Waals surface area contributed by atoms with Gasteiger partial charge in [-0.25, -0.2) is 9.97 Å². The van der Waals surface area contributed by atoms with Crippen LogP contribution in [0.4, 0.5) is 13.2 Å². The largest absolute Gasteiger partial charge is 0.507 e. The van der Waals surface area contributed by atoms with Crippen molar-refractivity contribution in [2.24, 2.45) is 5.73 Å². The fourth-order valence-corrected chi connectivity index (χ4v) is 4.98. The zero-order valence-corrected chi connectivity index (χ0v) is 21.8. The summed E-state index contributed by atoms with van der Waals surface area (Å²) in [5.74, 6) is -0.854. The number of benzene rings is 1. The Morgan fingerprint density at radius 2 is 1.88 bits per heavy atom. The lowest BCUT2D eigenvalue weighted by atomic mass is 10.1. The van der Waals surface area contributed by atoms with Gasteiger partial charge in [-0.3, -0.25) is 14.0 Å². The molecular formula is C26H24F3N7O6. The number of ether oxygens (including phenoxy) is 2. The van der Waals surface area contributed by atoms with E-state index in [2.05, 4.69) is 19.6 Å². The third-order valence-corrected chi connectivity index (χ3v) is 7.11. The van der Waals surface area contributed by atoms with E-state index in [1.54, 1.807) is 4.90 Å². The molecule has 2 amide bonds. The second kappa shape index (κ2) is 10.6. The van der Waals surface area contributed by atoms with Gasteiger partial charge in [-0.15, -0.1) is 0 Å². The van der Waals surface area contributed by atoms with Crippen molar-refractivity contribution in [1.29, 1.82) is 0 Å². The lowest BCUT2D eigenvalue weighted by molar-refractivity contribution is -0.143. The van der Waals surface area contributed by atoms with E-state index in [4.69, 9.17) is 15.2 Å². The van der Waals surface area contributed by atoms with Crippen molar-refractivity contribution in [2.75, 3.05) is 32.8 Å². The van der Waals surface area contributed by atoms with Crippen molar-refractivity contribution in [1.82, 2.24) is 29.3 Å². The van der Waals surface area contributed by atoms with Crippen LogP contribution >= 0.6 is 0 Å². The Morgan fingerprint density at radius 3 is 2.57 bits per heavy atom. The number of alkyl halides is 3. The maximum Gasteiger partial charge on any atom is 0.437 e. The molecule has 0 bridgehead atoms. The first kappa shape index (κ1) is 27.5. The number of amides is 2. The molecule has 0 aliphatic carbocycles. The average molecular weight is 588 g/mol. The highest BCUT2D eigenvalue weighted by Gasteiger charge is 2.39. The van der Waals surface area contributed by atoms with Crippen LogP contribution in [-0.2, 0) is 15.7 Å². The predicted octanol–water partition coefficient (Wildman–Crippen LogP) is 2.30. The molecule has 220 valence electrons. The summed E-state index contributed by atoms with van der Waals surface area (Å²) in [7, 11) is 0. The van der Waals surface area contributed by atoms with E-state index in [0.717, 1.165) is 6.26 Å². The number of imidazole rings is 1.